The zero-order valence-electron chi connectivity index (χ0n) is 14.3. The first kappa shape index (κ1) is 21.8. The lowest BCUT2D eigenvalue weighted by molar-refractivity contribution is -0.137. The highest BCUT2D eigenvalue weighted by atomic mass is 35.5. The average Bonchev–Trinajstić information content (AvgIpc) is 2.58. The van der Waals surface area contributed by atoms with E-state index in [2.05, 4.69) is 5.32 Å². The van der Waals surface area contributed by atoms with Crippen molar-refractivity contribution in [3.05, 3.63) is 59.7 Å². The van der Waals surface area contributed by atoms with Crippen molar-refractivity contribution in [1.82, 2.24) is 10.2 Å². The number of alkyl halides is 3. The number of nitrogens with one attached hydrogen (secondary N) is 1. The van der Waals surface area contributed by atoms with E-state index in [9.17, 15) is 18.0 Å². The van der Waals surface area contributed by atoms with Gasteiger partial charge in [0.1, 0.15) is 11.5 Å². The maximum atomic E-state index is 12.8. The van der Waals surface area contributed by atoms with Crippen LogP contribution in [-0.4, -0.2) is 38.0 Å². The van der Waals surface area contributed by atoms with Crippen LogP contribution in [0.15, 0.2) is 48.5 Å². The maximum absolute atomic E-state index is 12.8. The van der Waals surface area contributed by atoms with Gasteiger partial charge in [-0.15, -0.1) is 12.4 Å². The molecule has 0 unspecified atom stereocenters. The summed E-state index contributed by atoms with van der Waals surface area (Å²) in [6, 6.07) is 11.0. The number of benzene rings is 2. The van der Waals surface area contributed by atoms with Crippen LogP contribution in [-0.2, 0) is 6.18 Å². The fourth-order valence-electron chi connectivity index (χ4n) is 2.17. The van der Waals surface area contributed by atoms with Crippen LogP contribution in [0.1, 0.15) is 15.9 Å². The Hall–Kier alpha value is -2.25. The Labute approximate surface area is 156 Å². The van der Waals surface area contributed by atoms with E-state index in [1.165, 1.54) is 18.2 Å². The normalized spacial score (nSPS) is 10.8. The van der Waals surface area contributed by atoms with Crippen LogP contribution in [0.5, 0.6) is 11.5 Å². The third-order valence-electron chi connectivity index (χ3n) is 3.52. The number of carbonyl (C=O) groups excluding carboxylic acids is 1. The SMILES string of the molecule is CNCCN(C)C(=O)c1cccc(Oc2cccc(C(F)(F)F)c2)c1.Cl. The fourth-order valence-corrected chi connectivity index (χ4v) is 2.17. The van der Waals surface area contributed by atoms with Crippen molar-refractivity contribution in [1.29, 1.82) is 0 Å². The monoisotopic (exact) mass is 388 g/mol. The molecule has 142 valence electrons. The molecule has 0 heterocycles. The average molecular weight is 389 g/mol. The first-order valence-corrected chi connectivity index (χ1v) is 7.66. The van der Waals surface area contributed by atoms with Crippen LogP contribution in [0.3, 0.4) is 0 Å². The van der Waals surface area contributed by atoms with Gasteiger partial charge in [0.25, 0.3) is 5.91 Å². The molecule has 0 saturated heterocycles. The van der Waals surface area contributed by atoms with Crippen LogP contribution < -0.4 is 10.1 Å². The van der Waals surface area contributed by atoms with E-state index in [-0.39, 0.29) is 24.1 Å². The first-order valence-electron chi connectivity index (χ1n) is 7.66. The molecule has 0 aliphatic rings. The van der Waals surface area contributed by atoms with Gasteiger partial charge in [0, 0.05) is 25.7 Å². The molecule has 26 heavy (non-hydrogen) atoms. The number of halogens is 4. The van der Waals surface area contributed by atoms with Crippen LogP contribution in [0.2, 0.25) is 0 Å². The van der Waals surface area contributed by atoms with E-state index in [1.54, 1.807) is 37.2 Å². The number of hydrogen-bond acceptors (Lipinski definition) is 3. The highest BCUT2D eigenvalue weighted by Crippen LogP contribution is 2.32. The van der Waals surface area contributed by atoms with Gasteiger partial charge < -0.3 is 15.0 Å². The van der Waals surface area contributed by atoms with E-state index < -0.39 is 11.7 Å². The van der Waals surface area contributed by atoms with Gasteiger partial charge in [-0.25, -0.2) is 0 Å². The summed E-state index contributed by atoms with van der Waals surface area (Å²) in [7, 11) is 3.47. The summed E-state index contributed by atoms with van der Waals surface area (Å²) in [6.45, 7) is 1.19. The lowest BCUT2D eigenvalue weighted by atomic mass is 10.2. The summed E-state index contributed by atoms with van der Waals surface area (Å²) in [5.74, 6) is 0.167. The highest BCUT2D eigenvalue weighted by Gasteiger charge is 2.30. The molecule has 4 nitrogen and oxygen atoms in total. The molecular formula is C18H20ClF3N2O2. The number of carbonyl (C=O) groups is 1. The number of likely N-dealkylation sites (N-methyl/N-ethyl adjacent to an activating group) is 2. The summed E-state index contributed by atoms with van der Waals surface area (Å²) in [4.78, 5) is 13.9. The van der Waals surface area contributed by atoms with Crippen molar-refractivity contribution in [2.75, 3.05) is 27.2 Å². The Morgan fingerprint density at radius 2 is 1.73 bits per heavy atom. The molecule has 2 rings (SSSR count). The number of hydrogen-bond donors (Lipinski definition) is 1. The molecule has 2 aromatic carbocycles. The molecule has 1 N–H and O–H groups in total. The van der Waals surface area contributed by atoms with Gasteiger partial charge >= 0.3 is 6.18 Å². The fraction of sp³-hybridized carbons (Fsp3) is 0.278. The third kappa shape index (κ3) is 5.93. The standard InChI is InChI=1S/C18H19F3N2O2.ClH/c1-22-9-10-23(2)17(24)13-5-3-7-15(11-13)25-16-8-4-6-14(12-16)18(19,20)21;/h3-8,11-12,22H,9-10H2,1-2H3;1H. The minimum Gasteiger partial charge on any atom is -0.457 e. The number of amides is 1. The molecular weight excluding hydrogens is 369 g/mol. The van der Waals surface area contributed by atoms with Crippen molar-refractivity contribution in [2.24, 2.45) is 0 Å². The molecule has 0 saturated carbocycles. The first-order chi connectivity index (χ1) is 11.8. The minimum absolute atomic E-state index is 0. The van der Waals surface area contributed by atoms with E-state index in [4.69, 9.17) is 4.74 Å². The topological polar surface area (TPSA) is 41.6 Å². The van der Waals surface area contributed by atoms with Crippen molar-refractivity contribution >= 4 is 18.3 Å². The van der Waals surface area contributed by atoms with Gasteiger partial charge in [-0.1, -0.05) is 12.1 Å². The molecule has 0 spiro atoms. The molecule has 0 atom stereocenters. The van der Waals surface area contributed by atoms with Crippen molar-refractivity contribution in [2.45, 2.75) is 6.18 Å². The summed E-state index contributed by atoms with van der Waals surface area (Å²) >= 11 is 0. The summed E-state index contributed by atoms with van der Waals surface area (Å²) in [5.41, 5.74) is -0.382. The Morgan fingerprint density at radius 1 is 1.12 bits per heavy atom. The van der Waals surface area contributed by atoms with Gasteiger partial charge in [0.2, 0.25) is 0 Å². The Bertz CT molecular complexity index is 738. The molecule has 0 fully saturated rings. The molecule has 2 aromatic rings. The second-order valence-electron chi connectivity index (χ2n) is 5.49. The molecule has 0 aliphatic carbocycles. The molecule has 0 aromatic heterocycles. The van der Waals surface area contributed by atoms with E-state index >= 15 is 0 Å². The predicted molar refractivity (Wildman–Crippen MR) is 96.1 cm³/mol. The van der Waals surface area contributed by atoms with Crippen LogP contribution in [0.25, 0.3) is 0 Å². The molecule has 8 heteroatoms. The van der Waals surface area contributed by atoms with Crippen LogP contribution in [0, 0.1) is 0 Å². The number of nitrogens with zero attached hydrogens (tertiary/aromatic N) is 1. The molecule has 0 aliphatic heterocycles. The number of ether oxygens (including phenoxy) is 1. The molecule has 1 amide bonds. The van der Waals surface area contributed by atoms with Crippen molar-refractivity contribution < 1.29 is 22.7 Å². The van der Waals surface area contributed by atoms with Gasteiger partial charge in [-0.3, -0.25) is 4.79 Å². The predicted octanol–water partition coefficient (Wildman–Crippen LogP) is 4.21. The van der Waals surface area contributed by atoms with E-state index in [0.717, 1.165) is 12.1 Å². The third-order valence-corrected chi connectivity index (χ3v) is 3.52. The highest BCUT2D eigenvalue weighted by molar-refractivity contribution is 5.94. The van der Waals surface area contributed by atoms with Gasteiger partial charge in [0.15, 0.2) is 0 Å². The second-order valence-corrected chi connectivity index (χ2v) is 5.49. The lowest BCUT2D eigenvalue weighted by Crippen LogP contribution is -2.32. The molecule has 0 bridgehead atoms. The van der Waals surface area contributed by atoms with Crippen molar-refractivity contribution in [3.63, 3.8) is 0 Å². The zero-order valence-corrected chi connectivity index (χ0v) is 15.2. The van der Waals surface area contributed by atoms with E-state index in [1.807, 2.05) is 0 Å². The lowest BCUT2D eigenvalue weighted by Gasteiger charge is -2.17. The minimum atomic E-state index is -4.44. The van der Waals surface area contributed by atoms with Crippen LogP contribution in [0.4, 0.5) is 13.2 Å². The largest absolute Gasteiger partial charge is 0.457 e. The van der Waals surface area contributed by atoms with Crippen LogP contribution >= 0.6 is 12.4 Å². The van der Waals surface area contributed by atoms with E-state index in [0.29, 0.717) is 24.4 Å². The second kappa shape index (κ2) is 9.45. The summed E-state index contributed by atoms with van der Waals surface area (Å²) in [6.07, 6.45) is -4.44. The summed E-state index contributed by atoms with van der Waals surface area (Å²) in [5, 5.41) is 2.96. The Balaban J connectivity index is 0.00000338. The van der Waals surface area contributed by atoms with Gasteiger partial charge in [0.05, 0.1) is 5.56 Å². The Morgan fingerprint density at radius 3 is 2.35 bits per heavy atom. The zero-order chi connectivity index (χ0) is 18.4. The maximum Gasteiger partial charge on any atom is 0.416 e. The van der Waals surface area contributed by atoms with Gasteiger partial charge in [-0.05, 0) is 43.4 Å². The summed E-state index contributed by atoms with van der Waals surface area (Å²) < 4.78 is 43.8. The Kier molecular flexibility index (Phi) is 7.92. The quantitative estimate of drug-likeness (QED) is 0.806. The molecule has 0 radical (unpaired) electrons. The van der Waals surface area contributed by atoms with Crippen molar-refractivity contribution in [3.8, 4) is 11.5 Å². The smallest absolute Gasteiger partial charge is 0.416 e. The van der Waals surface area contributed by atoms with Gasteiger partial charge in [-0.2, -0.15) is 13.2 Å². The number of rotatable bonds is 6.